The minimum atomic E-state index is -0.620. The third kappa shape index (κ3) is 2.22. The van der Waals surface area contributed by atoms with Gasteiger partial charge >= 0.3 is 0 Å². The van der Waals surface area contributed by atoms with Crippen molar-refractivity contribution in [3.05, 3.63) is 0 Å². The molecule has 0 aromatic carbocycles. The van der Waals surface area contributed by atoms with Crippen molar-refractivity contribution in [3.8, 4) is 6.07 Å². The number of hydrogen-bond acceptors (Lipinski definition) is 3. The highest BCUT2D eigenvalue weighted by atomic mass is 16.3. The number of rotatable bonds is 5. The molecule has 114 valence electrons. The van der Waals surface area contributed by atoms with Gasteiger partial charge in [-0.25, -0.2) is 0 Å². The zero-order valence-corrected chi connectivity index (χ0v) is 13.8. The maximum absolute atomic E-state index is 12.5. The Balaban J connectivity index is 2.97. The summed E-state index contributed by atoms with van der Waals surface area (Å²) in [6.45, 7) is 13.9. The number of nitrogens with zero attached hydrogens (tertiary/aromatic N) is 1. The molecule has 0 saturated heterocycles. The zero-order chi connectivity index (χ0) is 16.0. The highest BCUT2D eigenvalue weighted by Gasteiger charge is 2.72. The van der Waals surface area contributed by atoms with Gasteiger partial charge in [-0.1, -0.05) is 34.6 Å². The van der Waals surface area contributed by atoms with Gasteiger partial charge in [-0.05, 0) is 31.1 Å². The maximum Gasteiger partial charge on any atom is 0.226 e. The highest BCUT2D eigenvalue weighted by molar-refractivity contribution is 5.83. The molecule has 0 spiro atoms. The van der Waals surface area contributed by atoms with E-state index in [0.717, 1.165) is 6.42 Å². The van der Waals surface area contributed by atoms with Crippen LogP contribution in [0.4, 0.5) is 0 Å². The third-order valence-electron chi connectivity index (χ3n) is 6.11. The summed E-state index contributed by atoms with van der Waals surface area (Å²) in [5.41, 5.74) is -1.49. The molecule has 0 bridgehead atoms. The van der Waals surface area contributed by atoms with E-state index in [1.807, 2.05) is 20.8 Å². The molecule has 2 N–H and O–H groups in total. The van der Waals surface area contributed by atoms with Gasteiger partial charge in [0.25, 0.3) is 0 Å². The van der Waals surface area contributed by atoms with Gasteiger partial charge < -0.3 is 10.4 Å². The van der Waals surface area contributed by atoms with Gasteiger partial charge in [0.15, 0.2) is 0 Å². The highest BCUT2D eigenvalue weighted by Crippen LogP contribution is 2.74. The minimum Gasteiger partial charge on any atom is -0.392 e. The fourth-order valence-electron chi connectivity index (χ4n) is 3.17. The van der Waals surface area contributed by atoms with Crippen LogP contribution in [0.25, 0.3) is 0 Å². The molecule has 0 aliphatic heterocycles. The number of carbonyl (C=O) groups excluding carboxylic acids is 1. The monoisotopic (exact) mass is 280 g/mol. The van der Waals surface area contributed by atoms with Crippen LogP contribution in [0.3, 0.4) is 0 Å². The first kappa shape index (κ1) is 17.0. The molecule has 1 aliphatic rings. The average molecular weight is 280 g/mol. The van der Waals surface area contributed by atoms with Crippen molar-refractivity contribution in [3.63, 3.8) is 0 Å². The number of hydrogen-bond donors (Lipinski definition) is 2. The second-order valence-electron chi connectivity index (χ2n) is 7.76. The van der Waals surface area contributed by atoms with Gasteiger partial charge in [-0.3, -0.25) is 4.79 Å². The van der Waals surface area contributed by atoms with Crippen LogP contribution in [0.15, 0.2) is 0 Å². The predicted molar refractivity (Wildman–Crippen MR) is 78.7 cm³/mol. The minimum absolute atomic E-state index is 0.0724. The Hall–Kier alpha value is -1.08. The molecule has 1 rings (SSSR count). The third-order valence-corrected chi connectivity index (χ3v) is 6.11. The van der Waals surface area contributed by atoms with E-state index in [-0.39, 0.29) is 28.7 Å². The van der Waals surface area contributed by atoms with Crippen LogP contribution in [-0.2, 0) is 4.79 Å². The lowest BCUT2D eigenvalue weighted by atomic mass is 9.57. The number of aliphatic hydroxyl groups is 1. The van der Waals surface area contributed by atoms with Gasteiger partial charge in [0.1, 0.15) is 0 Å². The molecule has 1 aliphatic carbocycles. The van der Waals surface area contributed by atoms with Crippen molar-refractivity contribution in [2.24, 2.45) is 21.7 Å². The quantitative estimate of drug-likeness (QED) is 0.812. The van der Waals surface area contributed by atoms with Crippen molar-refractivity contribution in [1.82, 2.24) is 5.32 Å². The lowest BCUT2D eigenvalue weighted by Gasteiger charge is -2.46. The topological polar surface area (TPSA) is 73.1 Å². The van der Waals surface area contributed by atoms with E-state index in [1.54, 1.807) is 6.92 Å². The summed E-state index contributed by atoms with van der Waals surface area (Å²) in [6, 6.07) is 2.40. The molecule has 0 aromatic heterocycles. The summed E-state index contributed by atoms with van der Waals surface area (Å²) in [5, 5.41) is 21.5. The summed E-state index contributed by atoms with van der Waals surface area (Å²) in [4.78, 5) is 12.5. The van der Waals surface area contributed by atoms with Gasteiger partial charge in [0.2, 0.25) is 5.91 Å². The normalized spacial score (nSPS) is 31.4. The predicted octanol–water partition coefficient (Wildman–Crippen LogP) is 2.48. The Morgan fingerprint density at radius 1 is 1.40 bits per heavy atom. The van der Waals surface area contributed by atoms with Gasteiger partial charge in [0.05, 0.1) is 17.6 Å². The summed E-state index contributed by atoms with van der Waals surface area (Å²) in [5.74, 6) is -0.0724. The smallest absolute Gasteiger partial charge is 0.226 e. The number of amides is 1. The van der Waals surface area contributed by atoms with E-state index < -0.39 is 11.5 Å². The van der Waals surface area contributed by atoms with Crippen molar-refractivity contribution in [2.75, 3.05) is 6.54 Å². The fraction of sp³-hybridized carbons (Fsp3) is 0.875. The van der Waals surface area contributed by atoms with Crippen molar-refractivity contribution in [1.29, 1.82) is 5.26 Å². The van der Waals surface area contributed by atoms with Gasteiger partial charge in [0, 0.05) is 12.0 Å². The molecule has 3 atom stereocenters. The van der Waals surface area contributed by atoms with Crippen LogP contribution in [0, 0.1) is 33.0 Å². The van der Waals surface area contributed by atoms with E-state index in [1.165, 1.54) is 0 Å². The average Bonchev–Trinajstić information content (AvgIpc) is 2.91. The molecule has 3 unspecified atom stereocenters. The second kappa shape index (κ2) is 4.73. The summed E-state index contributed by atoms with van der Waals surface area (Å²) in [6.07, 6.45) is 0.259. The Morgan fingerprint density at radius 3 is 2.25 bits per heavy atom. The first-order valence-electron chi connectivity index (χ1n) is 7.23. The van der Waals surface area contributed by atoms with Crippen LogP contribution in [0.2, 0.25) is 0 Å². The number of nitrogens with one attached hydrogen (secondary N) is 1. The largest absolute Gasteiger partial charge is 0.392 e. The van der Waals surface area contributed by atoms with E-state index in [2.05, 4.69) is 32.2 Å². The number of aliphatic hydroxyl groups excluding tert-OH is 1. The molecule has 0 radical (unpaired) electrons. The number of carbonyl (C=O) groups is 1. The Bertz CT molecular complexity index is 448. The summed E-state index contributed by atoms with van der Waals surface area (Å²) >= 11 is 0. The van der Waals surface area contributed by atoms with Gasteiger partial charge in [-0.2, -0.15) is 5.26 Å². The Labute approximate surface area is 122 Å². The fourth-order valence-corrected chi connectivity index (χ4v) is 3.17. The maximum atomic E-state index is 12.5. The molecular formula is C16H28N2O2. The molecule has 1 saturated carbocycles. The summed E-state index contributed by atoms with van der Waals surface area (Å²) < 4.78 is 0. The molecule has 1 fully saturated rings. The van der Waals surface area contributed by atoms with Crippen molar-refractivity contribution < 1.29 is 9.90 Å². The SMILES string of the molecule is CC(O)CNC(=O)C(C)(C)C(C)(C)C1(C)CC1(C)C#N. The van der Waals surface area contributed by atoms with Crippen LogP contribution in [-0.4, -0.2) is 23.7 Å². The van der Waals surface area contributed by atoms with Crippen LogP contribution in [0.1, 0.15) is 54.9 Å². The summed E-state index contributed by atoms with van der Waals surface area (Å²) in [7, 11) is 0. The van der Waals surface area contributed by atoms with Crippen molar-refractivity contribution >= 4 is 5.91 Å². The number of nitriles is 1. The second-order valence-corrected chi connectivity index (χ2v) is 7.76. The van der Waals surface area contributed by atoms with E-state index in [9.17, 15) is 15.2 Å². The van der Waals surface area contributed by atoms with Crippen LogP contribution in [0.5, 0.6) is 0 Å². The molecular weight excluding hydrogens is 252 g/mol. The Kier molecular flexibility index (Phi) is 4.02. The first-order valence-corrected chi connectivity index (χ1v) is 7.23. The molecule has 4 heteroatoms. The van der Waals surface area contributed by atoms with E-state index >= 15 is 0 Å². The lowest BCUT2D eigenvalue weighted by Crippen LogP contribution is -2.51. The van der Waals surface area contributed by atoms with Crippen LogP contribution >= 0.6 is 0 Å². The van der Waals surface area contributed by atoms with Crippen molar-refractivity contribution in [2.45, 2.75) is 61.0 Å². The first-order chi connectivity index (χ1) is 8.85. The molecule has 1 amide bonds. The lowest BCUT2D eigenvalue weighted by molar-refractivity contribution is -0.140. The van der Waals surface area contributed by atoms with E-state index in [0.29, 0.717) is 0 Å². The standard InChI is InChI=1S/C16H28N2O2/c1-11(19)8-18-12(20)13(2,3)14(4,5)16(7)9-15(16,6)10-17/h11,19H,8-9H2,1-7H3,(H,18,20). The molecule has 0 aromatic rings. The molecule has 0 heterocycles. The van der Waals surface area contributed by atoms with Gasteiger partial charge in [-0.15, -0.1) is 0 Å². The zero-order valence-electron chi connectivity index (χ0n) is 13.8. The van der Waals surface area contributed by atoms with Crippen LogP contribution < -0.4 is 5.32 Å². The Morgan fingerprint density at radius 2 is 1.90 bits per heavy atom. The molecule has 4 nitrogen and oxygen atoms in total. The molecule has 20 heavy (non-hydrogen) atoms. The van der Waals surface area contributed by atoms with E-state index in [4.69, 9.17) is 0 Å².